The Morgan fingerprint density at radius 2 is 0.333 bits per heavy atom. The molecule has 54 heavy (non-hydrogen) atoms. The molecule has 0 aromatic rings. The normalized spacial score (nSPS) is 16.4. The van der Waals surface area contributed by atoms with E-state index in [1.54, 1.807) is 0 Å². The summed E-state index contributed by atoms with van der Waals surface area (Å²) in [5.74, 6) is 0. The summed E-state index contributed by atoms with van der Waals surface area (Å²) >= 11 is 0. The van der Waals surface area contributed by atoms with Crippen molar-refractivity contribution in [1.29, 1.82) is 0 Å². The monoisotopic (exact) mass is 968 g/mol. The number of rotatable bonds is 4. The number of oxime groups is 8. The first kappa shape index (κ1) is 69.5. The van der Waals surface area contributed by atoms with Crippen molar-refractivity contribution >= 4 is 45.7 Å². The summed E-state index contributed by atoms with van der Waals surface area (Å²) < 4.78 is 0. The zero-order valence-corrected chi connectivity index (χ0v) is 35.3. The predicted octanol–water partition coefficient (Wildman–Crippen LogP) is 4.98. The molecule has 2 saturated heterocycles. The maximum Gasteiger partial charge on any atom is 1.00 e. The molecule has 2 aliphatic heterocycles. The second kappa shape index (κ2) is 54.9. The van der Waals surface area contributed by atoms with E-state index in [2.05, 4.69) is 73.1 Å². The Hall–Kier alpha value is -2.40. The molecule has 2 aliphatic rings. The van der Waals surface area contributed by atoms with Crippen molar-refractivity contribution in [3.63, 3.8) is 0 Å². The van der Waals surface area contributed by atoms with E-state index in [0.717, 1.165) is 78.5 Å². The molecule has 0 bridgehead atoms. The Labute approximate surface area is 360 Å². The summed E-state index contributed by atoms with van der Waals surface area (Å²) in [4.78, 5) is 0. The molecule has 2 fully saturated rings. The molecule has 0 saturated carbocycles. The van der Waals surface area contributed by atoms with E-state index in [1.165, 1.54) is 55.4 Å². The molecule has 334 valence electrons. The van der Waals surface area contributed by atoms with Crippen LogP contribution >= 0.6 is 0 Å². The van der Waals surface area contributed by atoms with Gasteiger partial charge in [0.15, 0.2) is 0 Å². The van der Waals surface area contributed by atoms with Crippen molar-refractivity contribution < 1.29 is 110 Å². The minimum Gasteiger partial charge on any atom is -0.665 e. The van der Waals surface area contributed by atoms with Gasteiger partial charge in [-0.3, -0.25) is 0 Å². The van der Waals surface area contributed by atoms with Gasteiger partial charge >= 0.3 is 34.1 Å². The van der Waals surface area contributed by atoms with Crippen molar-refractivity contribution in [2.45, 2.75) is 55.4 Å². The predicted molar refractivity (Wildman–Crippen MR) is 198 cm³/mol. The van der Waals surface area contributed by atoms with Gasteiger partial charge in [0.1, 0.15) is 45.7 Å². The topological polar surface area (TPSA) is 345 Å². The molecule has 8 N–H and O–H groups in total. The number of hydrogen-bond donors (Lipinski definition) is 8. The maximum atomic E-state index is 8.03. The Morgan fingerprint density at radius 1 is 0.259 bits per heavy atom. The fraction of sp³-hybridized carbons (Fsp3) is 0.714. The van der Waals surface area contributed by atoms with E-state index >= 15 is 0 Å². The Balaban J connectivity index is -0.0000000773. The molecule has 2 heterocycles. The van der Waals surface area contributed by atoms with Gasteiger partial charge in [-0.05, 0) is 55.4 Å². The third kappa shape index (κ3) is 51.7. The first-order chi connectivity index (χ1) is 23.9. The van der Waals surface area contributed by atoms with Crippen LogP contribution in [0.2, 0.25) is 0 Å². The van der Waals surface area contributed by atoms with Gasteiger partial charge < -0.3 is 73.6 Å². The minimum atomic E-state index is 0. The first-order valence-electron chi connectivity index (χ1n) is 15.2. The molecule has 0 aliphatic carbocycles. The van der Waals surface area contributed by atoms with E-state index < -0.39 is 0 Å². The zero-order chi connectivity index (χ0) is 39.0. The van der Waals surface area contributed by atoms with Crippen LogP contribution in [0.15, 0.2) is 41.2 Å². The molecular weight excluding hydrogens is 915 g/mol. The first-order valence-corrected chi connectivity index (χ1v) is 15.2. The van der Waals surface area contributed by atoms with E-state index in [-0.39, 0.29) is 68.3 Å². The molecule has 0 spiro atoms. The molecule has 0 unspecified atom stereocenters. The second-order valence-electron chi connectivity index (χ2n) is 9.51. The van der Waals surface area contributed by atoms with Crippen LogP contribution in [0.25, 0.3) is 31.9 Å². The van der Waals surface area contributed by atoms with Crippen LogP contribution in [0.4, 0.5) is 0 Å². The Morgan fingerprint density at radius 3 is 0.389 bits per heavy atom. The van der Waals surface area contributed by atoms with E-state index in [0.29, 0.717) is 45.7 Å². The van der Waals surface area contributed by atoms with Gasteiger partial charge in [-0.1, -0.05) is 41.2 Å². The average molecular weight is 971 g/mol. The van der Waals surface area contributed by atoms with E-state index in [4.69, 9.17) is 41.7 Å². The SMILES string of the molecule is C1C[N-]CC[N-]CC[N-]1.C1C[N-]CC[N-]CC[N-]1.CC(=NO)C(C)=NO.CC(=NO)C(C)=NO.CC(=NO)C(C)=NO.CC(=NO)C(C)=NO.[Cu+].[Cu+].[Cu].[Cu]. The van der Waals surface area contributed by atoms with Crippen molar-refractivity contribution in [2.75, 3.05) is 78.5 Å². The van der Waals surface area contributed by atoms with Gasteiger partial charge in [0, 0.05) is 34.1 Å². The van der Waals surface area contributed by atoms with Crippen LogP contribution < -0.4 is 0 Å². The standard InChI is InChI=1S/2C6H12N3.4C4H8N2O2.4Cu/c2*1-2-8-5-6-9-4-3-7-1;4*1-3(5-7)4(2)6-8;;;;/h2*1-6H2;4*7-8H,1-2H3;;;;/q2*-3;;;;;;;2*+1. The summed E-state index contributed by atoms with van der Waals surface area (Å²) in [6.07, 6.45) is 0. The third-order valence-corrected chi connectivity index (χ3v) is 5.79. The van der Waals surface area contributed by atoms with Gasteiger partial charge in [0.25, 0.3) is 0 Å². The molecule has 2 rings (SSSR count). The number of hydrogen-bond acceptors (Lipinski definition) is 16. The number of nitrogens with zero attached hydrogens (tertiary/aromatic N) is 14. The van der Waals surface area contributed by atoms with E-state index in [1.807, 2.05) is 0 Å². The molecular formula is C28H56Cu4N14O8-4. The molecule has 2 radical (unpaired) electrons. The van der Waals surface area contributed by atoms with Crippen molar-refractivity contribution in [3.8, 4) is 0 Å². The maximum absolute atomic E-state index is 8.03. The Kier molecular flexibility index (Phi) is 70.7. The smallest absolute Gasteiger partial charge is 0.665 e. The van der Waals surface area contributed by atoms with Crippen LogP contribution in [0.1, 0.15) is 55.4 Å². The summed E-state index contributed by atoms with van der Waals surface area (Å²) in [5.41, 5.74) is 2.50. The molecule has 0 atom stereocenters. The van der Waals surface area contributed by atoms with Crippen LogP contribution in [-0.4, -0.2) is 166 Å². The van der Waals surface area contributed by atoms with Gasteiger partial charge in [0.2, 0.25) is 0 Å². The molecule has 22 nitrogen and oxygen atoms in total. The van der Waals surface area contributed by atoms with Crippen molar-refractivity contribution in [1.82, 2.24) is 0 Å². The van der Waals surface area contributed by atoms with Crippen LogP contribution in [0.3, 0.4) is 0 Å². The third-order valence-electron chi connectivity index (χ3n) is 5.79. The molecule has 0 amide bonds. The van der Waals surface area contributed by atoms with Crippen LogP contribution in [-0.2, 0) is 68.3 Å². The van der Waals surface area contributed by atoms with Gasteiger partial charge in [-0.2, -0.15) is 78.5 Å². The fourth-order valence-corrected chi connectivity index (χ4v) is 2.10. The van der Waals surface area contributed by atoms with Gasteiger partial charge in [0.05, 0.1) is 0 Å². The fourth-order valence-electron chi connectivity index (χ4n) is 2.10. The summed E-state index contributed by atoms with van der Waals surface area (Å²) in [6, 6.07) is 0. The zero-order valence-electron chi connectivity index (χ0n) is 31.5. The summed E-state index contributed by atoms with van der Waals surface area (Å²) in [7, 11) is 0. The Bertz CT molecular complexity index is 818. The van der Waals surface area contributed by atoms with Crippen LogP contribution in [0, 0.1) is 0 Å². The van der Waals surface area contributed by atoms with Gasteiger partial charge in [-0.25, -0.2) is 0 Å². The average Bonchev–Trinajstić information content (AvgIpc) is 3.43. The molecule has 26 heteroatoms. The van der Waals surface area contributed by atoms with Crippen molar-refractivity contribution in [3.05, 3.63) is 31.9 Å². The van der Waals surface area contributed by atoms with Gasteiger partial charge in [-0.15, -0.1) is 0 Å². The summed E-state index contributed by atoms with van der Waals surface area (Å²) in [6.45, 7) is 23.1. The molecule has 0 aromatic heterocycles. The minimum absolute atomic E-state index is 0. The quantitative estimate of drug-likeness (QED) is 0.0820. The summed E-state index contributed by atoms with van der Waals surface area (Å²) in [5, 5.41) is 112. The van der Waals surface area contributed by atoms with Crippen molar-refractivity contribution in [2.24, 2.45) is 41.2 Å². The second-order valence-corrected chi connectivity index (χ2v) is 9.51. The van der Waals surface area contributed by atoms with Crippen LogP contribution in [0.5, 0.6) is 0 Å². The van der Waals surface area contributed by atoms with E-state index in [9.17, 15) is 0 Å². The molecule has 0 aromatic carbocycles. The largest absolute Gasteiger partial charge is 1.00 e.